The number of carboxylic acids is 1. The lowest BCUT2D eigenvalue weighted by atomic mass is 10.2. The number of hydrogen-bond donors (Lipinski definition) is 1. The summed E-state index contributed by atoms with van der Waals surface area (Å²) in [6.07, 6.45) is -0.0178. The zero-order chi connectivity index (χ0) is 13.3. The van der Waals surface area contributed by atoms with Gasteiger partial charge in [0.05, 0.1) is 17.7 Å². The summed E-state index contributed by atoms with van der Waals surface area (Å²) in [4.78, 5) is 33.5. The number of carbonyl (C=O) groups excluding carboxylic acids is 2. The third-order valence-electron chi connectivity index (χ3n) is 2.54. The van der Waals surface area contributed by atoms with Crippen LogP contribution in [0.5, 0.6) is 0 Å². The number of hydrazone groups is 1. The molecule has 0 spiro atoms. The summed E-state index contributed by atoms with van der Waals surface area (Å²) < 4.78 is 0. The molecule has 1 N–H and O–H groups in total. The Morgan fingerprint density at radius 1 is 1.28 bits per heavy atom. The average Bonchev–Trinajstić information content (AvgIpc) is 2.71. The lowest BCUT2D eigenvalue weighted by Crippen LogP contribution is -2.19. The third-order valence-corrected chi connectivity index (χ3v) is 2.54. The molecule has 1 amide bonds. The molecule has 0 atom stereocenters. The fraction of sp³-hybridized carbons (Fsp3) is 0.167. The Balaban J connectivity index is 2.29. The van der Waals surface area contributed by atoms with Gasteiger partial charge in [-0.15, -0.1) is 0 Å². The number of hydrogen-bond acceptors (Lipinski definition) is 4. The average molecular weight is 246 g/mol. The second-order valence-electron chi connectivity index (χ2n) is 3.84. The Labute approximate surface area is 103 Å². The number of rotatable bonds is 3. The zero-order valence-electron chi connectivity index (χ0n) is 9.58. The maximum absolute atomic E-state index is 11.7. The van der Waals surface area contributed by atoms with Gasteiger partial charge in [-0.3, -0.25) is 9.59 Å². The van der Waals surface area contributed by atoms with Crippen LogP contribution in [0, 0.1) is 0 Å². The van der Waals surface area contributed by atoms with E-state index in [1.165, 1.54) is 31.2 Å². The lowest BCUT2D eigenvalue weighted by molar-refractivity contribution is -0.117. The van der Waals surface area contributed by atoms with Crippen molar-refractivity contribution < 1.29 is 19.5 Å². The van der Waals surface area contributed by atoms with E-state index in [9.17, 15) is 14.4 Å². The van der Waals surface area contributed by atoms with E-state index >= 15 is 0 Å². The molecule has 0 radical (unpaired) electrons. The van der Waals surface area contributed by atoms with Crippen molar-refractivity contribution in [2.75, 3.05) is 5.01 Å². The van der Waals surface area contributed by atoms with Gasteiger partial charge in [0.1, 0.15) is 5.71 Å². The van der Waals surface area contributed by atoms with E-state index in [1.54, 1.807) is 0 Å². The highest BCUT2D eigenvalue weighted by molar-refractivity contribution is 6.44. The van der Waals surface area contributed by atoms with Crippen molar-refractivity contribution in [3.05, 3.63) is 29.8 Å². The van der Waals surface area contributed by atoms with Crippen molar-refractivity contribution in [2.45, 2.75) is 13.3 Å². The fourth-order valence-electron chi connectivity index (χ4n) is 1.57. The molecule has 0 aliphatic carbocycles. The number of carboxylic acid groups (broad SMARTS) is 1. The van der Waals surface area contributed by atoms with Crippen LogP contribution in [0.1, 0.15) is 23.7 Å². The molecule has 0 bridgehead atoms. The predicted octanol–water partition coefficient (Wildman–Crippen LogP) is 1.07. The summed E-state index contributed by atoms with van der Waals surface area (Å²) in [5.74, 6) is -1.58. The summed E-state index contributed by atoms with van der Waals surface area (Å²) in [7, 11) is 0. The molecule has 1 aliphatic rings. The van der Waals surface area contributed by atoms with E-state index in [0.717, 1.165) is 5.01 Å². The van der Waals surface area contributed by atoms with Crippen LogP contribution < -0.4 is 5.01 Å². The molecule has 18 heavy (non-hydrogen) atoms. The lowest BCUT2D eigenvalue weighted by Gasteiger charge is -2.11. The van der Waals surface area contributed by atoms with E-state index in [4.69, 9.17) is 5.11 Å². The number of nitrogens with zero attached hydrogens (tertiary/aromatic N) is 2. The first-order chi connectivity index (χ1) is 8.49. The summed E-state index contributed by atoms with van der Waals surface area (Å²) in [6.45, 7) is 1.35. The molecule has 0 aromatic heterocycles. The summed E-state index contributed by atoms with van der Waals surface area (Å²) in [5, 5.41) is 13.8. The van der Waals surface area contributed by atoms with Gasteiger partial charge < -0.3 is 5.11 Å². The monoisotopic (exact) mass is 246 g/mol. The van der Waals surface area contributed by atoms with E-state index in [0.29, 0.717) is 5.69 Å². The number of Topliss-reactive ketones (excluding diaryl/α,β-unsaturated/α-hetero) is 1. The number of amides is 1. The van der Waals surface area contributed by atoms with Crippen LogP contribution in [0.25, 0.3) is 0 Å². The van der Waals surface area contributed by atoms with Crippen molar-refractivity contribution in [3.8, 4) is 0 Å². The largest absolute Gasteiger partial charge is 0.478 e. The van der Waals surface area contributed by atoms with Gasteiger partial charge in [-0.05, 0) is 24.3 Å². The van der Waals surface area contributed by atoms with E-state index in [-0.39, 0.29) is 29.4 Å². The second kappa shape index (κ2) is 4.40. The zero-order valence-corrected chi connectivity index (χ0v) is 9.58. The standard InChI is InChI=1S/C12H10N2O4/c1-7(15)10-6-11(16)14(13-10)9-4-2-8(3-5-9)12(17)18/h2-5H,6H2,1H3,(H,17,18). The Kier molecular flexibility index (Phi) is 2.93. The van der Waals surface area contributed by atoms with Crippen molar-refractivity contribution in [1.82, 2.24) is 0 Å². The van der Waals surface area contributed by atoms with Gasteiger partial charge in [-0.25, -0.2) is 9.80 Å². The Morgan fingerprint density at radius 3 is 2.33 bits per heavy atom. The number of anilines is 1. The molecular formula is C12H10N2O4. The first kappa shape index (κ1) is 12.0. The minimum atomic E-state index is -1.04. The molecule has 1 aliphatic heterocycles. The van der Waals surface area contributed by atoms with E-state index < -0.39 is 5.97 Å². The van der Waals surface area contributed by atoms with Crippen LogP contribution in [-0.2, 0) is 9.59 Å². The number of aromatic carboxylic acids is 1. The molecule has 0 saturated carbocycles. The third kappa shape index (κ3) is 2.13. The van der Waals surface area contributed by atoms with Crippen molar-refractivity contribution >= 4 is 29.1 Å². The number of carbonyl (C=O) groups is 3. The fourth-order valence-corrected chi connectivity index (χ4v) is 1.57. The molecule has 0 saturated heterocycles. The first-order valence-corrected chi connectivity index (χ1v) is 5.24. The molecular weight excluding hydrogens is 236 g/mol. The highest BCUT2D eigenvalue weighted by atomic mass is 16.4. The van der Waals surface area contributed by atoms with Gasteiger partial charge in [0, 0.05) is 6.92 Å². The van der Waals surface area contributed by atoms with Gasteiger partial charge >= 0.3 is 5.97 Å². The SMILES string of the molecule is CC(=O)C1=NN(c2ccc(C(=O)O)cc2)C(=O)C1. The van der Waals surface area contributed by atoms with E-state index in [1.807, 2.05) is 0 Å². The van der Waals surface area contributed by atoms with Crippen LogP contribution >= 0.6 is 0 Å². The maximum Gasteiger partial charge on any atom is 0.335 e. The van der Waals surface area contributed by atoms with Crippen LogP contribution in [0.4, 0.5) is 5.69 Å². The van der Waals surface area contributed by atoms with Gasteiger partial charge in [-0.2, -0.15) is 5.10 Å². The number of ketones is 1. The molecule has 1 heterocycles. The Hall–Kier alpha value is -2.50. The normalized spacial score (nSPS) is 14.6. The molecule has 2 rings (SSSR count). The van der Waals surface area contributed by atoms with Gasteiger partial charge in [0.25, 0.3) is 5.91 Å². The summed E-state index contributed by atoms with van der Waals surface area (Å²) >= 11 is 0. The number of benzene rings is 1. The van der Waals surface area contributed by atoms with Crippen molar-refractivity contribution in [3.63, 3.8) is 0 Å². The molecule has 0 fully saturated rings. The molecule has 92 valence electrons. The quantitative estimate of drug-likeness (QED) is 0.864. The molecule has 6 heteroatoms. The second-order valence-corrected chi connectivity index (χ2v) is 3.84. The first-order valence-electron chi connectivity index (χ1n) is 5.24. The topological polar surface area (TPSA) is 87.0 Å². The van der Waals surface area contributed by atoms with Crippen molar-refractivity contribution in [1.29, 1.82) is 0 Å². The molecule has 0 unspecified atom stereocenters. The van der Waals surface area contributed by atoms with Crippen LogP contribution in [-0.4, -0.2) is 28.5 Å². The minimum absolute atomic E-state index is 0.0178. The van der Waals surface area contributed by atoms with Gasteiger partial charge in [0.15, 0.2) is 5.78 Å². The molecule has 6 nitrogen and oxygen atoms in total. The Morgan fingerprint density at radius 2 is 1.89 bits per heavy atom. The van der Waals surface area contributed by atoms with Crippen LogP contribution in [0.15, 0.2) is 29.4 Å². The van der Waals surface area contributed by atoms with E-state index in [2.05, 4.69) is 5.10 Å². The highest BCUT2D eigenvalue weighted by Gasteiger charge is 2.27. The van der Waals surface area contributed by atoms with Crippen LogP contribution in [0.2, 0.25) is 0 Å². The van der Waals surface area contributed by atoms with Gasteiger partial charge in [-0.1, -0.05) is 0 Å². The summed E-state index contributed by atoms with van der Waals surface area (Å²) in [6, 6.07) is 5.72. The molecule has 1 aromatic rings. The maximum atomic E-state index is 11.7. The predicted molar refractivity (Wildman–Crippen MR) is 63.6 cm³/mol. The highest BCUT2D eigenvalue weighted by Crippen LogP contribution is 2.21. The van der Waals surface area contributed by atoms with Crippen LogP contribution in [0.3, 0.4) is 0 Å². The summed E-state index contributed by atoms with van der Waals surface area (Å²) in [5.41, 5.74) is 0.782. The Bertz CT molecular complexity index is 560. The van der Waals surface area contributed by atoms with Gasteiger partial charge in [0.2, 0.25) is 0 Å². The van der Waals surface area contributed by atoms with Crippen molar-refractivity contribution in [2.24, 2.45) is 5.10 Å². The molecule has 1 aromatic carbocycles. The minimum Gasteiger partial charge on any atom is -0.478 e. The smallest absolute Gasteiger partial charge is 0.335 e.